The topological polar surface area (TPSA) is 109 Å². The van der Waals surface area contributed by atoms with Gasteiger partial charge in [0, 0.05) is 18.2 Å². The molecule has 3 aromatic rings. The predicted octanol–water partition coefficient (Wildman–Crippen LogP) is 4.13. The molecule has 0 saturated heterocycles. The van der Waals surface area contributed by atoms with Crippen molar-refractivity contribution in [2.75, 3.05) is 13.7 Å². The first-order valence-electron chi connectivity index (χ1n) is 10.8. The summed E-state index contributed by atoms with van der Waals surface area (Å²) in [6, 6.07) is 13.4. The number of ether oxygens (including phenoxy) is 2. The average Bonchev–Trinajstić information content (AvgIpc) is 3.10. The third kappa shape index (κ3) is 6.22. The monoisotopic (exact) mass is 464 g/mol. The van der Waals surface area contributed by atoms with Crippen LogP contribution in [0.3, 0.4) is 0 Å². The van der Waals surface area contributed by atoms with E-state index in [4.69, 9.17) is 9.47 Å². The normalized spacial score (nSPS) is 10.9. The summed E-state index contributed by atoms with van der Waals surface area (Å²) in [7, 11) is 1.60. The molecule has 1 N–H and O–H groups in total. The van der Waals surface area contributed by atoms with Crippen LogP contribution in [0.2, 0.25) is 0 Å². The Morgan fingerprint density at radius 3 is 2.56 bits per heavy atom. The van der Waals surface area contributed by atoms with Crippen LogP contribution in [0, 0.1) is 30.9 Å². The van der Waals surface area contributed by atoms with Gasteiger partial charge in [0.1, 0.15) is 29.5 Å². The second kappa shape index (κ2) is 11.1. The van der Waals surface area contributed by atoms with Gasteiger partial charge >= 0.3 is 5.69 Å². The van der Waals surface area contributed by atoms with Gasteiger partial charge in [-0.05, 0) is 56.7 Å². The molecule has 9 nitrogen and oxygen atoms in total. The van der Waals surface area contributed by atoms with E-state index in [9.17, 15) is 14.9 Å². The Bertz CT molecular complexity index is 1200. The fourth-order valence-corrected chi connectivity index (χ4v) is 3.50. The Balaban J connectivity index is 1.57. The molecule has 2 aromatic carbocycles. The van der Waals surface area contributed by atoms with Gasteiger partial charge in [0.05, 0.1) is 18.6 Å². The van der Waals surface area contributed by atoms with Crippen LogP contribution in [0.5, 0.6) is 11.5 Å². The maximum Gasteiger partial charge on any atom is 0.312 e. The summed E-state index contributed by atoms with van der Waals surface area (Å²) in [6.45, 7) is 6.21. The van der Waals surface area contributed by atoms with Crippen LogP contribution in [0.25, 0.3) is 6.08 Å². The van der Waals surface area contributed by atoms with E-state index in [1.807, 2.05) is 49.4 Å². The van der Waals surface area contributed by atoms with Crippen molar-refractivity contribution in [2.24, 2.45) is 0 Å². The van der Waals surface area contributed by atoms with E-state index in [-0.39, 0.29) is 11.6 Å². The molecule has 1 heterocycles. The Hall–Kier alpha value is -4.14. The van der Waals surface area contributed by atoms with Crippen LogP contribution in [-0.4, -0.2) is 34.3 Å². The Kier molecular flexibility index (Phi) is 8.02. The van der Waals surface area contributed by atoms with Gasteiger partial charge in [-0.15, -0.1) is 0 Å². The molecular weight excluding hydrogens is 436 g/mol. The number of carbonyl (C=O) groups excluding carboxylic acids is 1. The molecule has 1 amide bonds. The van der Waals surface area contributed by atoms with Crippen molar-refractivity contribution in [3.05, 3.63) is 86.7 Å². The second-order valence-corrected chi connectivity index (χ2v) is 7.80. The minimum absolute atomic E-state index is 0.00731. The molecular formula is C25H28N4O5. The number of hydrogen-bond donors (Lipinski definition) is 1. The van der Waals surface area contributed by atoms with Crippen LogP contribution in [0.15, 0.2) is 48.5 Å². The number of aryl methyl sites for hydroxylation is 2. The quantitative estimate of drug-likeness (QED) is 0.275. The van der Waals surface area contributed by atoms with Crippen molar-refractivity contribution >= 4 is 17.7 Å². The lowest BCUT2D eigenvalue weighted by atomic mass is 10.1. The standard InChI is InChI=1S/C25H28N4O5/c1-17-5-9-22(10-6-17)34-16-21-15-20(7-11-23(21)33-4)8-12-24(30)26-13-14-28-19(3)25(29(31)32)18(2)27-28/h5-12,15H,13-14,16H2,1-4H3,(H,26,30)/b12-8+. The number of hydrogen-bond acceptors (Lipinski definition) is 6. The molecule has 0 aliphatic heterocycles. The van der Waals surface area contributed by atoms with Gasteiger partial charge in [0.2, 0.25) is 5.91 Å². The van der Waals surface area contributed by atoms with E-state index in [1.165, 1.54) is 10.8 Å². The highest BCUT2D eigenvalue weighted by atomic mass is 16.6. The van der Waals surface area contributed by atoms with Crippen molar-refractivity contribution in [3.63, 3.8) is 0 Å². The van der Waals surface area contributed by atoms with E-state index >= 15 is 0 Å². The van der Waals surface area contributed by atoms with E-state index in [1.54, 1.807) is 27.0 Å². The van der Waals surface area contributed by atoms with Crippen molar-refractivity contribution in [2.45, 2.75) is 33.9 Å². The largest absolute Gasteiger partial charge is 0.496 e. The number of rotatable bonds is 10. The molecule has 34 heavy (non-hydrogen) atoms. The number of amides is 1. The van der Waals surface area contributed by atoms with Crippen LogP contribution in [0.4, 0.5) is 5.69 Å². The SMILES string of the molecule is COc1ccc(/C=C/C(=O)NCCn2nc(C)c([N+](=O)[O-])c2C)cc1COc1ccc(C)cc1. The average molecular weight is 465 g/mol. The fourth-order valence-electron chi connectivity index (χ4n) is 3.50. The Morgan fingerprint density at radius 2 is 1.91 bits per heavy atom. The number of nitrogens with zero attached hydrogens (tertiary/aromatic N) is 3. The molecule has 9 heteroatoms. The Labute approximate surface area is 198 Å². The zero-order valence-electron chi connectivity index (χ0n) is 19.7. The number of nitro groups is 1. The summed E-state index contributed by atoms with van der Waals surface area (Å²) < 4.78 is 12.8. The van der Waals surface area contributed by atoms with Gasteiger partial charge < -0.3 is 14.8 Å². The van der Waals surface area contributed by atoms with E-state index in [0.29, 0.717) is 36.8 Å². The maximum absolute atomic E-state index is 12.2. The van der Waals surface area contributed by atoms with E-state index < -0.39 is 4.92 Å². The summed E-state index contributed by atoms with van der Waals surface area (Å²) in [5.74, 6) is 1.19. The van der Waals surface area contributed by atoms with Gasteiger partial charge in [-0.3, -0.25) is 19.6 Å². The number of carbonyl (C=O) groups is 1. The lowest BCUT2D eigenvalue weighted by Gasteiger charge is -2.11. The lowest BCUT2D eigenvalue weighted by Crippen LogP contribution is -2.26. The third-order valence-corrected chi connectivity index (χ3v) is 5.30. The molecule has 1 aromatic heterocycles. The van der Waals surface area contributed by atoms with Crippen LogP contribution < -0.4 is 14.8 Å². The third-order valence-electron chi connectivity index (χ3n) is 5.30. The summed E-state index contributed by atoms with van der Waals surface area (Å²) in [6.07, 6.45) is 3.15. The van der Waals surface area contributed by atoms with Gasteiger partial charge in [0.15, 0.2) is 0 Å². The predicted molar refractivity (Wildman–Crippen MR) is 129 cm³/mol. The van der Waals surface area contributed by atoms with Gasteiger partial charge in [0.25, 0.3) is 0 Å². The van der Waals surface area contributed by atoms with Gasteiger partial charge in [-0.25, -0.2) is 0 Å². The molecule has 0 bridgehead atoms. The second-order valence-electron chi connectivity index (χ2n) is 7.80. The Morgan fingerprint density at radius 1 is 1.18 bits per heavy atom. The first kappa shape index (κ1) is 24.5. The molecule has 0 atom stereocenters. The molecule has 0 fully saturated rings. The molecule has 0 radical (unpaired) electrons. The molecule has 0 aliphatic carbocycles. The number of aromatic nitrogens is 2. The summed E-state index contributed by atoms with van der Waals surface area (Å²) >= 11 is 0. The smallest absolute Gasteiger partial charge is 0.312 e. The van der Waals surface area contributed by atoms with E-state index in [0.717, 1.165) is 22.4 Å². The minimum Gasteiger partial charge on any atom is -0.496 e. The van der Waals surface area contributed by atoms with Gasteiger partial charge in [-0.1, -0.05) is 23.8 Å². The van der Waals surface area contributed by atoms with Crippen molar-refractivity contribution in [1.29, 1.82) is 0 Å². The molecule has 0 unspecified atom stereocenters. The van der Waals surface area contributed by atoms with Crippen LogP contribution in [-0.2, 0) is 17.9 Å². The number of benzene rings is 2. The molecule has 0 spiro atoms. The molecule has 178 valence electrons. The summed E-state index contributed by atoms with van der Waals surface area (Å²) in [5, 5.41) is 18.0. The van der Waals surface area contributed by atoms with Crippen molar-refractivity contribution in [3.8, 4) is 11.5 Å². The zero-order chi connectivity index (χ0) is 24.7. The number of methoxy groups -OCH3 is 1. The lowest BCUT2D eigenvalue weighted by molar-refractivity contribution is -0.386. The highest BCUT2D eigenvalue weighted by molar-refractivity contribution is 5.91. The molecule has 0 saturated carbocycles. The highest BCUT2D eigenvalue weighted by Crippen LogP contribution is 2.23. The summed E-state index contributed by atoms with van der Waals surface area (Å²) in [4.78, 5) is 22.9. The molecule has 0 aliphatic rings. The van der Waals surface area contributed by atoms with Crippen molar-refractivity contribution in [1.82, 2.24) is 15.1 Å². The first-order valence-corrected chi connectivity index (χ1v) is 10.8. The van der Waals surface area contributed by atoms with Crippen LogP contribution in [0.1, 0.15) is 28.1 Å². The van der Waals surface area contributed by atoms with Crippen molar-refractivity contribution < 1.29 is 19.2 Å². The fraction of sp³-hybridized carbons (Fsp3) is 0.280. The highest BCUT2D eigenvalue weighted by Gasteiger charge is 2.21. The first-order chi connectivity index (χ1) is 16.3. The zero-order valence-corrected chi connectivity index (χ0v) is 19.7. The number of nitrogens with one attached hydrogen (secondary N) is 1. The van der Waals surface area contributed by atoms with Gasteiger partial charge in [-0.2, -0.15) is 5.10 Å². The van der Waals surface area contributed by atoms with Crippen LogP contribution >= 0.6 is 0 Å². The van der Waals surface area contributed by atoms with E-state index in [2.05, 4.69) is 10.4 Å². The molecule has 3 rings (SSSR count). The summed E-state index contributed by atoms with van der Waals surface area (Å²) in [5.41, 5.74) is 3.67. The minimum atomic E-state index is -0.440. The maximum atomic E-state index is 12.2.